The van der Waals surface area contributed by atoms with Crippen LogP contribution in [0.15, 0.2) is 39.7 Å². The summed E-state index contributed by atoms with van der Waals surface area (Å²) in [5.74, 6) is 1.12. The molecule has 0 spiro atoms. The average molecular weight is 389 g/mol. The molecule has 0 fully saturated rings. The minimum Gasteiger partial charge on any atom is -0.451 e. The van der Waals surface area contributed by atoms with Crippen molar-refractivity contribution in [2.24, 2.45) is 0 Å². The summed E-state index contributed by atoms with van der Waals surface area (Å²) in [6, 6.07) is 4.15. The van der Waals surface area contributed by atoms with Crippen LogP contribution in [0.5, 0.6) is 0 Å². The summed E-state index contributed by atoms with van der Waals surface area (Å²) in [4.78, 5) is 13.2. The molecule has 0 amide bonds. The lowest BCUT2D eigenvalue weighted by atomic mass is 10.1. The van der Waals surface area contributed by atoms with Gasteiger partial charge in [0.15, 0.2) is 6.39 Å². The second-order valence-electron chi connectivity index (χ2n) is 5.08. The summed E-state index contributed by atoms with van der Waals surface area (Å²) in [5, 5.41) is 14.0. The highest BCUT2D eigenvalue weighted by Crippen LogP contribution is 2.35. The van der Waals surface area contributed by atoms with Crippen LogP contribution in [0.3, 0.4) is 0 Å². The van der Waals surface area contributed by atoms with E-state index in [4.69, 9.17) is 9.40 Å². The highest BCUT2D eigenvalue weighted by molar-refractivity contribution is 8.15. The molecule has 0 aliphatic rings. The van der Waals surface area contributed by atoms with E-state index in [2.05, 4.69) is 23.0 Å². The molecule has 0 saturated carbocycles. The lowest BCUT2D eigenvalue weighted by molar-refractivity contribution is 0.558. The van der Waals surface area contributed by atoms with Crippen molar-refractivity contribution in [2.75, 3.05) is 10.8 Å². The monoisotopic (exact) mass is 388 g/mol. The molecule has 0 aliphatic heterocycles. The smallest absolute Gasteiger partial charge is 0.181 e. The van der Waals surface area contributed by atoms with E-state index in [1.807, 2.05) is 23.2 Å². The van der Waals surface area contributed by atoms with Gasteiger partial charge in [0.05, 0.1) is 5.56 Å². The second-order valence-corrected chi connectivity index (χ2v) is 8.41. The standard InChI is InChI=1S/C17H16N4OS3/c1-2-3-5-23-11-25-16-13(8-18)12(15-9-22-10-20-15)7-14(21-16)17-19-4-6-24-17/h4,6-7,9-10H,2-3,5,11H2,1H3. The highest BCUT2D eigenvalue weighted by atomic mass is 32.2. The summed E-state index contributed by atoms with van der Waals surface area (Å²) in [7, 11) is 0. The normalized spacial score (nSPS) is 10.7. The van der Waals surface area contributed by atoms with Gasteiger partial charge in [-0.3, -0.25) is 0 Å². The quantitative estimate of drug-likeness (QED) is 0.294. The fourth-order valence-electron chi connectivity index (χ4n) is 2.14. The Kier molecular flexibility index (Phi) is 6.50. The molecule has 3 heterocycles. The predicted molar refractivity (Wildman–Crippen MR) is 104 cm³/mol. The third-order valence-corrected chi connectivity index (χ3v) is 6.46. The van der Waals surface area contributed by atoms with Crippen LogP contribution in [0.4, 0.5) is 0 Å². The molecule has 0 aliphatic carbocycles. The molecule has 3 aromatic rings. The molecule has 0 radical (unpaired) electrons. The third-order valence-electron chi connectivity index (χ3n) is 3.38. The van der Waals surface area contributed by atoms with Gasteiger partial charge in [0.2, 0.25) is 0 Å². The van der Waals surface area contributed by atoms with Crippen molar-refractivity contribution in [3.05, 3.63) is 35.9 Å². The van der Waals surface area contributed by atoms with Crippen LogP contribution in [-0.2, 0) is 0 Å². The van der Waals surface area contributed by atoms with E-state index in [1.165, 1.54) is 30.6 Å². The SMILES string of the molecule is CCCCSCSc1nc(-c2nccs2)cc(-c2cocn2)c1C#N. The minimum atomic E-state index is 0.537. The van der Waals surface area contributed by atoms with Crippen molar-refractivity contribution >= 4 is 34.9 Å². The molecule has 0 unspecified atom stereocenters. The van der Waals surface area contributed by atoms with Crippen LogP contribution >= 0.6 is 34.9 Å². The zero-order chi connectivity index (χ0) is 17.5. The lowest BCUT2D eigenvalue weighted by Gasteiger charge is -2.09. The first-order chi connectivity index (χ1) is 12.3. The fourth-order valence-corrected chi connectivity index (χ4v) is 4.95. The summed E-state index contributed by atoms with van der Waals surface area (Å²) >= 11 is 4.98. The Hall–Kier alpha value is -1.82. The van der Waals surface area contributed by atoms with Gasteiger partial charge in [0, 0.05) is 22.2 Å². The molecule has 0 N–H and O–H groups in total. The van der Waals surface area contributed by atoms with E-state index < -0.39 is 0 Å². The van der Waals surface area contributed by atoms with Crippen LogP contribution < -0.4 is 0 Å². The Balaban J connectivity index is 1.95. The summed E-state index contributed by atoms with van der Waals surface area (Å²) in [6.07, 6.45) is 7.06. The Morgan fingerprint density at radius 2 is 2.24 bits per heavy atom. The van der Waals surface area contributed by atoms with Gasteiger partial charge < -0.3 is 4.42 Å². The molecule has 25 heavy (non-hydrogen) atoms. The number of nitrogens with zero attached hydrogens (tertiary/aromatic N) is 4. The predicted octanol–water partition coefficient (Wildman–Crippen LogP) is 5.31. The van der Waals surface area contributed by atoms with Crippen molar-refractivity contribution in [2.45, 2.75) is 24.8 Å². The van der Waals surface area contributed by atoms with E-state index >= 15 is 0 Å². The number of thioether (sulfide) groups is 2. The molecule has 0 bridgehead atoms. The van der Waals surface area contributed by atoms with Gasteiger partial charge in [-0.15, -0.1) is 11.3 Å². The van der Waals surface area contributed by atoms with Gasteiger partial charge in [-0.05, 0) is 18.2 Å². The number of hydrogen-bond donors (Lipinski definition) is 0. The Labute approximate surface area is 158 Å². The molecule has 5 nitrogen and oxygen atoms in total. The fraction of sp³-hybridized carbons (Fsp3) is 0.294. The zero-order valence-corrected chi connectivity index (χ0v) is 16.1. The van der Waals surface area contributed by atoms with Gasteiger partial charge in [-0.1, -0.05) is 25.1 Å². The molecule has 0 atom stereocenters. The number of nitriles is 1. The number of rotatable bonds is 8. The summed E-state index contributed by atoms with van der Waals surface area (Å²) in [6.45, 7) is 2.19. The van der Waals surface area contributed by atoms with E-state index in [0.717, 1.165) is 32.1 Å². The van der Waals surface area contributed by atoms with Crippen LogP contribution in [0.2, 0.25) is 0 Å². The van der Waals surface area contributed by atoms with Crippen molar-refractivity contribution in [1.82, 2.24) is 15.0 Å². The van der Waals surface area contributed by atoms with Crippen LogP contribution in [-0.4, -0.2) is 25.8 Å². The summed E-state index contributed by atoms with van der Waals surface area (Å²) < 4.78 is 5.10. The van der Waals surface area contributed by atoms with Gasteiger partial charge >= 0.3 is 0 Å². The lowest BCUT2D eigenvalue weighted by Crippen LogP contribution is -1.96. The molecule has 8 heteroatoms. The van der Waals surface area contributed by atoms with Crippen molar-refractivity contribution < 1.29 is 4.42 Å². The maximum Gasteiger partial charge on any atom is 0.181 e. The molecule has 0 saturated heterocycles. The zero-order valence-electron chi connectivity index (χ0n) is 13.6. The van der Waals surface area contributed by atoms with E-state index in [0.29, 0.717) is 11.3 Å². The number of thiazole rings is 1. The van der Waals surface area contributed by atoms with Gasteiger partial charge in [0.1, 0.15) is 33.8 Å². The highest BCUT2D eigenvalue weighted by Gasteiger charge is 2.18. The number of pyridine rings is 1. The van der Waals surface area contributed by atoms with E-state index in [1.54, 1.807) is 24.2 Å². The average Bonchev–Trinajstić information content (AvgIpc) is 3.34. The number of aromatic nitrogens is 3. The second kappa shape index (κ2) is 9.04. The maximum absolute atomic E-state index is 9.68. The van der Waals surface area contributed by atoms with Gasteiger partial charge in [0.25, 0.3) is 0 Å². The van der Waals surface area contributed by atoms with Crippen molar-refractivity contribution in [3.8, 4) is 28.0 Å². The topological polar surface area (TPSA) is 75.6 Å². The van der Waals surface area contributed by atoms with E-state index in [9.17, 15) is 5.26 Å². The molecule has 3 rings (SSSR count). The van der Waals surface area contributed by atoms with Crippen LogP contribution in [0, 0.1) is 11.3 Å². The molecule has 0 aromatic carbocycles. The molecule has 3 aromatic heterocycles. The number of oxazole rings is 1. The van der Waals surface area contributed by atoms with Crippen LogP contribution in [0.25, 0.3) is 22.0 Å². The Morgan fingerprint density at radius 3 is 2.92 bits per heavy atom. The molecular formula is C17H16N4OS3. The number of unbranched alkanes of at least 4 members (excludes halogenated alkanes) is 1. The van der Waals surface area contributed by atoms with Gasteiger partial charge in [-0.2, -0.15) is 17.0 Å². The van der Waals surface area contributed by atoms with E-state index in [-0.39, 0.29) is 0 Å². The first-order valence-electron chi connectivity index (χ1n) is 7.77. The first-order valence-corrected chi connectivity index (χ1v) is 10.8. The largest absolute Gasteiger partial charge is 0.451 e. The summed E-state index contributed by atoms with van der Waals surface area (Å²) in [5.41, 5.74) is 2.66. The maximum atomic E-state index is 9.68. The Morgan fingerprint density at radius 1 is 1.32 bits per heavy atom. The molecular weight excluding hydrogens is 372 g/mol. The third kappa shape index (κ3) is 4.42. The van der Waals surface area contributed by atoms with Crippen molar-refractivity contribution in [1.29, 1.82) is 5.26 Å². The van der Waals surface area contributed by atoms with Gasteiger partial charge in [-0.25, -0.2) is 15.0 Å². The Bertz CT molecular complexity index is 842. The van der Waals surface area contributed by atoms with Crippen LogP contribution in [0.1, 0.15) is 25.3 Å². The number of hydrogen-bond acceptors (Lipinski definition) is 8. The van der Waals surface area contributed by atoms with Crippen molar-refractivity contribution in [3.63, 3.8) is 0 Å². The minimum absolute atomic E-state index is 0.537. The molecule has 128 valence electrons. The first kappa shape index (κ1) is 18.0.